The van der Waals surface area contributed by atoms with Gasteiger partial charge in [-0.1, -0.05) is 18.2 Å². The minimum atomic E-state index is -0.0463. The second-order valence-corrected chi connectivity index (χ2v) is 9.57. The Morgan fingerprint density at radius 3 is 2.97 bits per heavy atom. The molecule has 5 rings (SSSR count). The average Bonchev–Trinajstić information content (AvgIpc) is 3.54. The quantitative estimate of drug-likeness (QED) is 0.448. The van der Waals surface area contributed by atoms with Crippen molar-refractivity contribution in [2.45, 2.75) is 51.9 Å². The summed E-state index contributed by atoms with van der Waals surface area (Å²) < 4.78 is 8.74. The maximum absolute atomic E-state index is 13.2. The molecule has 1 atom stereocenters. The third-order valence-corrected chi connectivity index (χ3v) is 7.33. The smallest absolute Gasteiger partial charge is 0.274 e. The fourth-order valence-corrected chi connectivity index (χ4v) is 5.57. The van der Waals surface area contributed by atoms with Crippen molar-refractivity contribution >= 4 is 27.3 Å². The van der Waals surface area contributed by atoms with E-state index in [4.69, 9.17) is 9.52 Å². The van der Waals surface area contributed by atoms with Gasteiger partial charge in [0, 0.05) is 47.0 Å². The van der Waals surface area contributed by atoms with Crippen LogP contribution in [-0.4, -0.2) is 33.7 Å². The summed E-state index contributed by atoms with van der Waals surface area (Å²) in [5.74, 6) is 0.725. The number of thiophene rings is 1. The summed E-state index contributed by atoms with van der Waals surface area (Å²) >= 11 is 1.84. The number of furan rings is 1. The number of benzene rings is 1. The van der Waals surface area contributed by atoms with Crippen molar-refractivity contribution in [1.29, 1.82) is 0 Å². The maximum atomic E-state index is 13.2. The normalized spacial score (nSPS) is 15.8. The Balaban J connectivity index is 1.31. The van der Waals surface area contributed by atoms with Crippen LogP contribution in [0.15, 0.2) is 53.1 Å². The Morgan fingerprint density at radius 1 is 1.31 bits per heavy atom. The molecule has 1 aromatic carbocycles. The molecule has 0 radical (unpaired) electrons. The molecule has 6 nitrogen and oxygen atoms in total. The van der Waals surface area contributed by atoms with Crippen LogP contribution >= 0.6 is 11.3 Å². The highest BCUT2D eigenvalue weighted by Crippen LogP contribution is 2.28. The molecule has 1 aliphatic carbocycles. The molecule has 166 valence electrons. The number of nitrogens with one attached hydrogen (secondary N) is 1. The molecule has 0 fully saturated rings. The highest BCUT2D eigenvalue weighted by atomic mass is 32.1. The van der Waals surface area contributed by atoms with E-state index in [1.807, 2.05) is 35.2 Å². The number of carbonyl (C=O) groups excluding carboxylic acids is 1. The molecule has 0 saturated heterocycles. The van der Waals surface area contributed by atoms with E-state index in [9.17, 15) is 4.79 Å². The van der Waals surface area contributed by atoms with Crippen molar-refractivity contribution in [2.24, 2.45) is 0 Å². The van der Waals surface area contributed by atoms with Gasteiger partial charge in [-0.05, 0) is 55.8 Å². The van der Waals surface area contributed by atoms with E-state index in [1.54, 1.807) is 11.2 Å². The lowest BCUT2D eigenvalue weighted by Crippen LogP contribution is -2.35. The van der Waals surface area contributed by atoms with Crippen molar-refractivity contribution in [1.82, 2.24) is 20.0 Å². The standard InChI is InChI=1S/C25H28N4O2S/c1-3-29-22-11-10-18(26-15-20-13-17-7-4-5-9-23(17)32-20)14-21(22)24(27-29)25(30)28(2)16-19-8-6-12-31-19/h4-9,12-13,18,26H,3,10-11,14-16H2,1-2H3. The number of amides is 1. The highest BCUT2D eigenvalue weighted by molar-refractivity contribution is 7.19. The highest BCUT2D eigenvalue weighted by Gasteiger charge is 2.30. The van der Waals surface area contributed by atoms with Crippen molar-refractivity contribution in [3.8, 4) is 0 Å². The summed E-state index contributed by atoms with van der Waals surface area (Å²) in [6.45, 7) is 4.15. The molecule has 1 amide bonds. The fourth-order valence-electron chi connectivity index (χ4n) is 4.55. The largest absolute Gasteiger partial charge is 0.467 e. The summed E-state index contributed by atoms with van der Waals surface area (Å²) in [4.78, 5) is 16.3. The van der Waals surface area contributed by atoms with Crippen molar-refractivity contribution in [2.75, 3.05) is 7.05 Å². The summed E-state index contributed by atoms with van der Waals surface area (Å²) in [6.07, 6.45) is 4.46. The van der Waals surface area contributed by atoms with Crippen LogP contribution in [0.3, 0.4) is 0 Å². The van der Waals surface area contributed by atoms with Crippen molar-refractivity contribution in [3.63, 3.8) is 0 Å². The fraction of sp³-hybridized carbons (Fsp3) is 0.360. The van der Waals surface area contributed by atoms with Gasteiger partial charge in [0.1, 0.15) is 5.76 Å². The van der Waals surface area contributed by atoms with E-state index in [0.29, 0.717) is 18.3 Å². The number of carbonyl (C=O) groups is 1. The van der Waals surface area contributed by atoms with Gasteiger partial charge in [-0.3, -0.25) is 9.48 Å². The van der Waals surface area contributed by atoms with Crippen molar-refractivity contribution in [3.05, 3.63) is 76.3 Å². The lowest BCUT2D eigenvalue weighted by atomic mass is 9.91. The number of fused-ring (bicyclic) bond motifs is 2. The molecule has 3 aromatic heterocycles. The minimum absolute atomic E-state index is 0.0463. The van der Waals surface area contributed by atoms with Gasteiger partial charge in [0.15, 0.2) is 5.69 Å². The molecule has 4 aromatic rings. The molecular formula is C25H28N4O2S. The molecule has 7 heteroatoms. The van der Waals surface area contributed by atoms with Crippen LogP contribution in [0.5, 0.6) is 0 Å². The van der Waals surface area contributed by atoms with Crippen LogP contribution in [0.2, 0.25) is 0 Å². The molecule has 0 saturated carbocycles. The number of nitrogens with zero attached hydrogens (tertiary/aromatic N) is 3. The molecule has 0 bridgehead atoms. The first-order valence-electron chi connectivity index (χ1n) is 11.2. The van der Waals surface area contributed by atoms with Gasteiger partial charge in [0.2, 0.25) is 0 Å². The number of hydrogen-bond acceptors (Lipinski definition) is 5. The van der Waals surface area contributed by atoms with Gasteiger partial charge in [-0.15, -0.1) is 11.3 Å². The maximum Gasteiger partial charge on any atom is 0.274 e. The van der Waals surface area contributed by atoms with Gasteiger partial charge in [-0.2, -0.15) is 5.10 Å². The Labute approximate surface area is 191 Å². The molecular weight excluding hydrogens is 420 g/mol. The van der Waals surface area contributed by atoms with Crippen LogP contribution in [0.1, 0.15) is 45.7 Å². The van der Waals surface area contributed by atoms with Crippen LogP contribution in [0, 0.1) is 0 Å². The van der Waals surface area contributed by atoms with Gasteiger partial charge < -0.3 is 14.6 Å². The van der Waals surface area contributed by atoms with Crippen LogP contribution in [0.4, 0.5) is 0 Å². The zero-order valence-corrected chi connectivity index (χ0v) is 19.3. The van der Waals surface area contributed by atoms with E-state index in [0.717, 1.165) is 43.7 Å². The van der Waals surface area contributed by atoms with Crippen LogP contribution < -0.4 is 5.32 Å². The molecule has 0 spiro atoms. The van der Waals surface area contributed by atoms with Crippen molar-refractivity contribution < 1.29 is 9.21 Å². The minimum Gasteiger partial charge on any atom is -0.467 e. The SMILES string of the molecule is CCn1nc(C(=O)N(C)Cc2ccco2)c2c1CCC(NCc1cc3ccccc3s1)C2. The lowest BCUT2D eigenvalue weighted by Gasteiger charge is -2.25. The van der Waals surface area contributed by atoms with Gasteiger partial charge in [-0.25, -0.2) is 0 Å². The first-order valence-corrected chi connectivity index (χ1v) is 12.0. The molecule has 1 N–H and O–H groups in total. The first-order chi connectivity index (χ1) is 15.6. The van der Waals surface area contributed by atoms with Gasteiger partial charge in [0.05, 0.1) is 12.8 Å². The summed E-state index contributed by atoms with van der Waals surface area (Å²) in [5, 5.41) is 9.75. The van der Waals surface area contributed by atoms with Gasteiger partial charge >= 0.3 is 0 Å². The summed E-state index contributed by atoms with van der Waals surface area (Å²) in [6, 6.07) is 14.9. The Morgan fingerprint density at radius 2 is 2.19 bits per heavy atom. The Hall–Kier alpha value is -2.90. The second-order valence-electron chi connectivity index (χ2n) is 8.40. The molecule has 1 aliphatic rings. The zero-order chi connectivity index (χ0) is 22.1. The lowest BCUT2D eigenvalue weighted by molar-refractivity contribution is 0.0767. The molecule has 1 unspecified atom stereocenters. The third kappa shape index (κ3) is 4.10. The number of hydrogen-bond donors (Lipinski definition) is 1. The summed E-state index contributed by atoms with van der Waals surface area (Å²) in [7, 11) is 1.81. The topological polar surface area (TPSA) is 63.3 Å². The second kappa shape index (κ2) is 8.92. The van der Waals surface area contributed by atoms with Gasteiger partial charge in [0.25, 0.3) is 5.91 Å². The zero-order valence-electron chi connectivity index (χ0n) is 18.5. The van der Waals surface area contributed by atoms with E-state index in [1.165, 1.54) is 20.7 Å². The molecule has 0 aliphatic heterocycles. The number of rotatable bonds is 7. The van der Waals surface area contributed by atoms with E-state index in [-0.39, 0.29) is 5.91 Å². The Bertz CT molecular complexity index is 1190. The van der Waals surface area contributed by atoms with E-state index < -0.39 is 0 Å². The Kier molecular flexibility index (Phi) is 5.85. The molecule has 32 heavy (non-hydrogen) atoms. The monoisotopic (exact) mass is 448 g/mol. The predicted molar refractivity (Wildman–Crippen MR) is 127 cm³/mol. The number of aromatic nitrogens is 2. The predicted octanol–water partition coefficient (Wildman–Crippen LogP) is 4.63. The third-order valence-electron chi connectivity index (χ3n) is 6.21. The average molecular weight is 449 g/mol. The molecule has 3 heterocycles. The first kappa shape index (κ1) is 21.0. The van der Waals surface area contributed by atoms with Crippen LogP contribution in [-0.2, 0) is 32.5 Å². The summed E-state index contributed by atoms with van der Waals surface area (Å²) in [5.41, 5.74) is 2.90. The van der Waals surface area contributed by atoms with E-state index >= 15 is 0 Å². The van der Waals surface area contributed by atoms with E-state index in [2.05, 4.69) is 42.6 Å². The number of aryl methyl sites for hydroxylation is 1. The van der Waals surface area contributed by atoms with Crippen LogP contribution in [0.25, 0.3) is 10.1 Å².